The van der Waals surface area contributed by atoms with E-state index in [4.69, 9.17) is 0 Å². The zero-order valence-electron chi connectivity index (χ0n) is 12.0. The van der Waals surface area contributed by atoms with Crippen LogP contribution in [0.1, 0.15) is 38.3 Å². The van der Waals surface area contributed by atoms with Crippen LogP contribution in [0.2, 0.25) is 0 Å². The van der Waals surface area contributed by atoms with E-state index >= 15 is 0 Å². The van der Waals surface area contributed by atoms with Gasteiger partial charge in [0.1, 0.15) is 5.82 Å². The number of hydrogen-bond acceptors (Lipinski definition) is 3. The van der Waals surface area contributed by atoms with E-state index in [0.717, 1.165) is 12.8 Å². The Kier molecular flexibility index (Phi) is 5.23. The third-order valence-corrected chi connectivity index (χ3v) is 4.06. The van der Waals surface area contributed by atoms with E-state index in [1.807, 2.05) is 7.05 Å². The molecule has 1 unspecified atom stereocenters. The molecule has 0 saturated carbocycles. The Morgan fingerprint density at radius 1 is 1.39 bits per heavy atom. The predicted octanol–water partition coefficient (Wildman–Crippen LogP) is 2.60. The Balaban J connectivity index is 3.27. The number of nitrogens with one attached hydrogen (secondary N) is 1. The fraction of sp³-hybridized carbons (Fsp3) is 0.643. The smallest absolute Gasteiger partial charge is 0.146 e. The summed E-state index contributed by atoms with van der Waals surface area (Å²) >= 11 is 0. The molecular formula is C14H24FN3. The van der Waals surface area contributed by atoms with Gasteiger partial charge in [-0.15, -0.1) is 0 Å². The summed E-state index contributed by atoms with van der Waals surface area (Å²) in [6, 6.07) is 1.71. The summed E-state index contributed by atoms with van der Waals surface area (Å²) in [5.74, 6) is -0.245. The van der Waals surface area contributed by atoms with Crippen molar-refractivity contribution < 1.29 is 4.39 Å². The van der Waals surface area contributed by atoms with Gasteiger partial charge < -0.3 is 10.2 Å². The second-order valence-corrected chi connectivity index (χ2v) is 4.82. The van der Waals surface area contributed by atoms with Gasteiger partial charge in [-0.1, -0.05) is 13.8 Å². The molecule has 0 fully saturated rings. The zero-order valence-corrected chi connectivity index (χ0v) is 12.0. The Bertz CT molecular complexity index is 375. The lowest BCUT2D eigenvalue weighted by atomic mass is 9.79. The average molecular weight is 253 g/mol. The van der Waals surface area contributed by atoms with Crippen LogP contribution in [0.5, 0.6) is 0 Å². The van der Waals surface area contributed by atoms with Crippen molar-refractivity contribution in [2.24, 2.45) is 0 Å². The maximum Gasteiger partial charge on any atom is 0.146 e. The fourth-order valence-electron chi connectivity index (χ4n) is 2.88. The molecule has 1 rings (SSSR count). The minimum absolute atomic E-state index is 0.0505. The number of likely N-dealkylation sites (N-methyl/N-ethyl adjacent to an activating group) is 2. The van der Waals surface area contributed by atoms with Crippen molar-refractivity contribution in [3.8, 4) is 0 Å². The molecular weight excluding hydrogens is 229 g/mol. The van der Waals surface area contributed by atoms with Gasteiger partial charge in [0.05, 0.1) is 12.2 Å². The van der Waals surface area contributed by atoms with Crippen molar-refractivity contribution in [1.29, 1.82) is 0 Å². The predicted molar refractivity (Wildman–Crippen MR) is 73.0 cm³/mol. The summed E-state index contributed by atoms with van der Waals surface area (Å²) in [5, 5.41) is 3.27. The van der Waals surface area contributed by atoms with Crippen molar-refractivity contribution in [3.63, 3.8) is 0 Å². The van der Waals surface area contributed by atoms with Gasteiger partial charge in [-0.05, 0) is 40.1 Å². The number of nitrogens with zero attached hydrogens (tertiary/aromatic N) is 2. The third-order valence-electron chi connectivity index (χ3n) is 4.06. The minimum atomic E-state index is -0.245. The van der Waals surface area contributed by atoms with Crippen LogP contribution in [0.25, 0.3) is 0 Å². The summed E-state index contributed by atoms with van der Waals surface area (Å²) < 4.78 is 14.0. The summed E-state index contributed by atoms with van der Waals surface area (Å²) in [5.41, 5.74) is 0.585. The van der Waals surface area contributed by atoms with E-state index in [1.54, 1.807) is 12.3 Å². The van der Waals surface area contributed by atoms with Crippen molar-refractivity contribution >= 4 is 0 Å². The van der Waals surface area contributed by atoms with E-state index in [0.29, 0.717) is 5.56 Å². The molecule has 0 spiro atoms. The fourth-order valence-corrected chi connectivity index (χ4v) is 2.88. The molecule has 0 bridgehead atoms. The van der Waals surface area contributed by atoms with Crippen LogP contribution in [0, 0.1) is 5.82 Å². The highest BCUT2D eigenvalue weighted by molar-refractivity contribution is 5.22. The third kappa shape index (κ3) is 2.54. The molecule has 1 atom stereocenters. The standard InChI is InChI=1S/C14H24FN3/c1-6-14(7-2,18(4)5)13(16-3)11-8-9-17-10-12(11)15/h8-10,13,16H,6-7H2,1-5H3. The highest BCUT2D eigenvalue weighted by atomic mass is 19.1. The molecule has 0 saturated heterocycles. The molecule has 1 aromatic heterocycles. The molecule has 18 heavy (non-hydrogen) atoms. The van der Waals surface area contributed by atoms with Crippen LogP contribution >= 0.6 is 0 Å². The van der Waals surface area contributed by atoms with Crippen LogP contribution in [0.4, 0.5) is 4.39 Å². The molecule has 0 aromatic carbocycles. The van der Waals surface area contributed by atoms with Gasteiger partial charge in [0.15, 0.2) is 0 Å². The van der Waals surface area contributed by atoms with Gasteiger partial charge in [0.25, 0.3) is 0 Å². The molecule has 0 amide bonds. The zero-order chi connectivity index (χ0) is 13.8. The largest absolute Gasteiger partial charge is 0.311 e. The quantitative estimate of drug-likeness (QED) is 0.844. The van der Waals surface area contributed by atoms with E-state index in [-0.39, 0.29) is 17.4 Å². The lowest BCUT2D eigenvalue weighted by molar-refractivity contribution is 0.0900. The molecule has 102 valence electrons. The molecule has 0 aliphatic heterocycles. The topological polar surface area (TPSA) is 28.2 Å². The summed E-state index contributed by atoms with van der Waals surface area (Å²) in [6.07, 6.45) is 4.83. The van der Waals surface area contributed by atoms with Crippen LogP contribution in [-0.4, -0.2) is 36.6 Å². The highest BCUT2D eigenvalue weighted by Gasteiger charge is 2.39. The first-order valence-corrected chi connectivity index (χ1v) is 6.47. The molecule has 0 aliphatic rings. The summed E-state index contributed by atoms with van der Waals surface area (Å²) in [7, 11) is 5.99. The normalized spacial score (nSPS) is 13.9. The van der Waals surface area contributed by atoms with E-state index in [2.05, 4.69) is 43.1 Å². The molecule has 0 radical (unpaired) electrons. The second-order valence-electron chi connectivity index (χ2n) is 4.82. The van der Waals surface area contributed by atoms with E-state index < -0.39 is 0 Å². The summed E-state index contributed by atoms with van der Waals surface area (Å²) in [4.78, 5) is 6.01. The molecule has 3 nitrogen and oxygen atoms in total. The van der Waals surface area contributed by atoms with Gasteiger partial charge in [-0.25, -0.2) is 4.39 Å². The first-order valence-electron chi connectivity index (χ1n) is 6.47. The molecule has 1 N–H and O–H groups in total. The van der Waals surface area contributed by atoms with Crippen LogP contribution in [0.15, 0.2) is 18.5 Å². The Labute approximate surface area is 109 Å². The van der Waals surface area contributed by atoms with Crippen LogP contribution < -0.4 is 5.32 Å². The van der Waals surface area contributed by atoms with Gasteiger partial charge in [-0.3, -0.25) is 4.98 Å². The number of pyridine rings is 1. The molecule has 0 aliphatic carbocycles. The number of hydrogen-bond donors (Lipinski definition) is 1. The maximum absolute atomic E-state index is 14.0. The number of halogens is 1. The van der Waals surface area contributed by atoms with Gasteiger partial charge >= 0.3 is 0 Å². The maximum atomic E-state index is 14.0. The lowest BCUT2D eigenvalue weighted by Gasteiger charge is -2.45. The monoisotopic (exact) mass is 253 g/mol. The number of rotatable bonds is 6. The van der Waals surface area contributed by atoms with E-state index in [1.165, 1.54) is 6.20 Å². The Morgan fingerprint density at radius 2 is 2.00 bits per heavy atom. The summed E-state index contributed by atoms with van der Waals surface area (Å²) in [6.45, 7) is 4.29. The second kappa shape index (κ2) is 6.25. The number of aromatic nitrogens is 1. The van der Waals surface area contributed by atoms with Crippen molar-refractivity contribution in [3.05, 3.63) is 29.8 Å². The lowest BCUT2D eigenvalue weighted by Crippen LogP contribution is -2.52. The molecule has 1 aromatic rings. The van der Waals surface area contributed by atoms with Gasteiger partial charge in [0.2, 0.25) is 0 Å². The van der Waals surface area contributed by atoms with Crippen LogP contribution in [-0.2, 0) is 0 Å². The molecule has 1 heterocycles. The SMILES string of the molecule is CCC(CC)(C(NC)c1ccncc1F)N(C)C. The van der Waals surface area contributed by atoms with Crippen LogP contribution in [0.3, 0.4) is 0 Å². The van der Waals surface area contributed by atoms with Gasteiger partial charge in [0, 0.05) is 17.3 Å². The Hall–Kier alpha value is -1.00. The molecule has 4 heteroatoms. The Morgan fingerprint density at radius 3 is 2.39 bits per heavy atom. The van der Waals surface area contributed by atoms with Gasteiger partial charge in [-0.2, -0.15) is 0 Å². The first kappa shape index (κ1) is 15.1. The van der Waals surface area contributed by atoms with Crippen molar-refractivity contribution in [2.45, 2.75) is 38.3 Å². The van der Waals surface area contributed by atoms with Crippen molar-refractivity contribution in [2.75, 3.05) is 21.1 Å². The van der Waals surface area contributed by atoms with E-state index in [9.17, 15) is 4.39 Å². The van der Waals surface area contributed by atoms with Crippen molar-refractivity contribution in [1.82, 2.24) is 15.2 Å². The highest BCUT2D eigenvalue weighted by Crippen LogP contribution is 2.36. The first-order chi connectivity index (χ1) is 8.53. The minimum Gasteiger partial charge on any atom is -0.311 e. The average Bonchev–Trinajstić information content (AvgIpc) is 2.37.